The van der Waals surface area contributed by atoms with Crippen LogP contribution in [0.5, 0.6) is 0 Å². The van der Waals surface area contributed by atoms with Gasteiger partial charge in [0.2, 0.25) is 35.4 Å². The number of aliphatic hydroxyl groups excluding tert-OH is 16. The van der Waals surface area contributed by atoms with Crippen molar-refractivity contribution >= 4 is 88.5 Å². The molecule has 0 spiro atoms. The zero-order valence-electron chi connectivity index (χ0n) is 50.5. The average Bonchev–Trinajstić information content (AvgIpc) is 1.31. The zero-order chi connectivity index (χ0) is 68.2. The molecule has 0 radical (unpaired) electrons. The Morgan fingerprint density at radius 3 is 0.848 bits per heavy atom. The van der Waals surface area contributed by atoms with Crippen LogP contribution in [0.4, 0.5) is 0 Å². The van der Waals surface area contributed by atoms with Gasteiger partial charge in [0.25, 0.3) is 0 Å². The summed E-state index contributed by atoms with van der Waals surface area (Å²) < 4.78 is 21.9. The fourth-order valence-electron chi connectivity index (χ4n) is 9.87. The molecule has 22 unspecified atom stereocenters. The van der Waals surface area contributed by atoms with Crippen molar-refractivity contribution in [3.8, 4) is 0 Å². The predicted octanol–water partition coefficient (Wildman–Crippen LogP) is -8.92. The van der Waals surface area contributed by atoms with Crippen molar-refractivity contribution in [2.75, 3.05) is 69.1 Å². The topological polar surface area (TPSA) is 573 Å². The van der Waals surface area contributed by atoms with Crippen LogP contribution in [0.15, 0.2) is 0 Å². The van der Waals surface area contributed by atoms with E-state index in [2.05, 4.69) is 31.9 Å². The van der Waals surface area contributed by atoms with E-state index in [0.29, 0.717) is 0 Å². The lowest BCUT2D eigenvalue weighted by Gasteiger charge is -2.39. The third-order valence-corrected chi connectivity index (χ3v) is 20.1. The molecular formula is C54H94N6O28S4. The van der Waals surface area contributed by atoms with Gasteiger partial charge in [0.15, 0.2) is 0 Å². The van der Waals surface area contributed by atoms with E-state index in [1.165, 1.54) is 0 Å². The monoisotopic (exact) mass is 1400 g/mol. The summed E-state index contributed by atoms with van der Waals surface area (Å²) in [5.74, 6) is -4.98. The molecule has 0 aromatic carbocycles. The fourth-order valence-corrected chi connectivity index (χ4v) is 14.3. The van der Waals surface area contributed by atoms with Crippen LogP contribution >= 0.6 is 47.0 Å². The van der Waals surface area contributed by atoms with Gasteiger partial charge in [-0.1, -0.05) is 0 Å². The molecule has 23 N–H and O–H groups in total. The summed E-state index contributed by atoms with van der Waals surface area (Å²) in [7, 11) is 0. The lowest BCUT2D eigenvalue weighted by atomic mass is 10.0. The van der Waals surface area contributed by atoms with E-state index in [9.17, 15) is 120 Å². The molecule has 4 aliphatic rings. The first-order valence-electron chi connectivity index (χ1n) is 30.4. The first-order valence-corrected chi connectivity index (χ1v) is 34.6. The van der Waals surface area contributed by atoms with Crippen LogP contribution < -0.4 is 31.9 Å². The average molecular weight is 1400 g/mol. The van der Waals surface area contributed by atoms with Gasteiger partial charge in [0.05, 0.1) is 26.4 Å². The number of nitrogens with one attached hydrogen (secondary N) is 6. The molecule has 0 aromatic heterocycles. The molecular weight excluding hydrogens is 1310 g/mol. The minimum atomic E-state index is -1.68. The Balaban J connectivity index is 1.39. The highest BCUT2D eigenvalue weighted by Crippen LogP contribution is 2.33. The van der Waals surface area contributed by atoms with Crippen molar-refractivity contribution in [2.24, 2.45) is 0 Å². The van der Waals surface area contributed by atoms with Crippen molar-refractivity contribution in [2.45, 2.75) is 221 Å². The molecule has 532 valence electrons. The Labute approximate surface area is 547 Å². The van der Waals surface area contributed by atoms with Crippen molar-refractivity contribution in [3.63, 3.8) is 0 Å². The smallest absolute Gasteiger partial charge is 0.326 e. The van der Waals surface area contributed by atoms with Crippen molar-refractivity contribution in [3.05, 3.63) is 0 Å². The van der Waals surface area contributed by atoms with Gasteiger partial charge in [-0.2, -0.15) is 0 Å². The third kappa shape index (κ3) is 26.0. The highest BCUT2D eigenvalue weighted by Gasteiger charge is 2.47. The van der Waals surface area contributed by atoms with E-state index in [-0.39, 0.29) is 126 Å². The van der Waals surface area contributed by atoms with Crippen LogP contribution in [0.25, 0.3) is 0 Å². The maximum absolute atomic E-state index is 14.3. The minimum absolute atomic E-state index is 0.0602. The van der Waals surface area contributed by atoms with Crippen LogP contribution in [0.1, 0.15) is 83.5 Å². The number of aliphatic carboxylic acids is 1. The molecule has 38 heteroatoms. The molecule has 23 atom stereocenters. The van der Waals surface area contributed by atoms with Crippen molar-refractivity contribution < 1.29 is 139 Å². The number of thioether (sulfide) groups is 4. The van der Waals surface area contributed by atoms with Gasteiger partial charge in [0, 0.05) is 68.3 Å². The second-order valence-corrected chi connectivity index (χ2v) is 27.2. The summed E-state index contributed by atoms with van der Waals surface area (Å²) in [5.41, 5.74) is -4.33. The zero-order valence-corrected chi connectivity index (χ0v) is 53.7. The number of hydrogen-bond acceptors (Lipinski definition) is 31. The molecule has 4 fully saturated rings. The highest BCUT2D eigenvalue weighted by molar-refractivity contribution is 8.00. The van der Waals surface area contributed by atoms with Crippen LogP contribution in [0.2, 0.25) is 0 Å². The summed E-state index contributed by atoms with van der Waals surface area (Å²) >= 11 is 3.82. The Hall–Kier alpha value is -3.11. The van der Waals surface area contributed by atoms with Gasteiger partial charge in [-0.15, -0.1) is 47.0 Å². The van der Waals surface area contributed by atoms with Crippen LogP contribution in [0.3, 0.4) is 0 Å². The number of carboxylic acid groups (broad SMARTS) is 1. The summed E-state index contributed by atoms with van der Waals surface area (Å²) in [4.78, 5) is 92.8. The fraction of sp³-hybridized carbons (Fsp3) is 0.870. The van der Waals surface area contributed by atoms with Gasteiger partial charge in [0.1, 0.15) is 138 Å². The predicted molar refractivity (Wildman–Crippen MR) is 327 cm³/mol. The second-order valence-electron chi connectivity index (χ2n) is 22.4. The van der Waals surface area contributed by atoms with E-state index in [4.69, 9.17) is 18.9 Å². The third-order valence-electron chi connectivity index (χ3n) is 15.5. The first-order chi connectivity index (χ1) is 43.8. The molecule has 92 heavy (non-hydrogen) atoms. The molecule has 0 aromatic rings. The van der Waals surface area contributed by atoms with Crippen LogP contribution in [-0.4, -0.2) is 335 Å². The SMILES string of the molecule is O=C(CCSC1OC(CO)C(O)C(O)C1O)NCCCCC(NC(=O)C(CCCCNC(=O)CCSC1OC(CO)C(O)C(O)C1O)NC(=O)[C@@H](CCCCNC(=O)CCSC1OC(CO)C(O)C(O)C1O)NC(=O)CCSC1OC(CO)C(O)C(O)C1O)C(=O)O. The molecule has 6 amide bonds. The number of carbonyl (C=O) groups excluding carboxylic acids is 6. The maximum Gasteiger partial charge on any atom is 0.326 e. The number of amides is 6. The van der Waals surface area contributed by atoms with E-state index in [1.807, 2.05) is 0 Å². The van der Waals surface area contributed by atoms with Crippen LogP contribution in [0, 0.1) is 0 Å². The van der Waals surface area contributed by atoms with Gasteiger partial charge < -0.3 is 138 Å². The van der Waals surface area contributed by atoms with E-state index >= 15 is 0 Å². The quantitative estimate of drug-likeness (QED) is 0.0253. The molecule has 0 saturated carbocycles. The van der Waals surface area contributed by atoms with Gasteiger partial charge in [-0.05, 0) is 57.8 Å². The Morgan fingerprint density at radius 1 is 0.326 bits per heavy atom. The lowest BCUT2D eigenvalue weighted by Crippen LogP contribution is -2.57. The van der Waals surface area contributed by atoms with Gasteiger partial charge >= 0.3 is 5.97 Å². The number of aliphatic hydroxyl groups is 16. The summed E-state index contributed by atoms with van der Waals surface area (Å²) in [6.45, 7) is -2.34. The number of unbranched alkanes of at least 4 members (excludes halogenated alkanes) is 3. The molecule has 4 aliphatic heterocycles. The highest BCUT2D eigenvalue weighted by atomic mass is 32.2. The molecule has 4 heterocycles. The number of ether oxygens (including phenoxy) is 4. The van der Waals surface area contributed by atoms with Crippen molar-refractivity contribution in [1.29, 1.82) is 0 Å². The second kappa shape index (κ2) is 42.5. The Kier molecular flexibility index (Phi) is 37.6. The Morgan fingerprint density at radius 2 is 0.576 bits per heavy atom. The number of carboxylic acids is 1. The molecule has 4 saturated heterocycles. The number of carbonyl (C=O) groups is 7. The number of rotatable bonds is 41. The van der Waals surface area contributed by atoms with Crippen LogP contribution in [-0.2, 0) is 52.5 Å². The minimum Gasteiger partial charge on any atom is -0.480 e. The molecule has 0 aliphatic carbocycles. The maximum atomic E-state index is 14.3. The van der Waals surface area contributed by atoms with E-state index in [1.54, 1.807) is 0 Å². The van der Waals surface area contributed by atoms with E-state index in [0.717, 1.165) is 47.0 Å². The van der Waals surface area contributed by atoms with Gasteiger partial charge in [-0.25, -0.2) is 4.79 Å². The summed E-state index contributed by atoms with van der Waals surface area (Å²) in [6.07, 6.45) is -23.1. The normalized spacial score (nSPS) is 32.5. The molecule has 0 bridgehead atoms. The first kappa shape index (κ1) is 81.3. The summed E-state index contributed by atoms with van der Waals surface area (Å²) in [6, 6.07) is -4.32. The number of hydrogen-bond donors (Lipinski definition) is 23. The molecule has 4 rings (SSSR count). The standard InChI is InChI=1S/C54H94N6O28S4/c61-21-28-36(69)40(73)44(77)51(85-28)89-17-10-32(65)55-14-4-1-7-25(58-35(68)13-20-92-54-47(80)43(76)39(72)31(24-64)88-54)48(81)59-26(8-2-5-15-56-33(66)11-18-90-52-45(78)41(74)37(70)29(22-62)86-52)49(82)60-27(50(83)84)9-3-6-16-57-34(67)12-19-91-53-46(79)42(75)38(71)30(23-63)87-53/h25-31,36-47,51-54,61-64,69-80H,1-24H2,(H,55,65)(H,56,66)(H,57,67)(H,58,68)(H,59,81)(H,60,82)(H,83,84)/t25-,26?,27?,28?,29?,30?,31?,36?,37?,38?,39?,40?,41?,42?,43?,44?,45?,46?,47?,51?,52?,53?,54?/m1/s1. The largest absolute Gasteiger partial charge is 0.480 e. The van der Waals surface area contributed by atoms with Gasteiger partial charge in [-0.3, -0.25) is 28.8 Å². The van der Waals surface area contributed by atoms with Crippen molar-refractivity contribution in [1.82, 2.24) is 31.9 Å². The Bertz CT molecular complexity index is 2250. The molecule has 34 nitrogen and oxygen atoms in total. The lowest BCUT2D eigenvalue weighted by molar-refractivity contribution is -0.205. The summed E-state index contributed by atoms with van der Waals surface area (Å²) in [5, 5.41) is 186. The van der Waals surface area contributed by atoms with E-state index < -0.39 is 205 Å².